The second-order valence-electron chi connectivity index (χ2n) is 11.3. The van der Waals surface area contributed by atoms with E-state index in [0.29, 0.717) is 11.8 Å². The average Bonchev–Trinajstić information content (AvgIpc) is 2.89. The van der Waals surface area contributed by atoms with Crippen LogP contribution in [0.4, 0.5) is 0 Å². The highest BCUT2D eigenvalue weighted by atomic mass is 31.1. The maximum Gasteiger partial charge on any atom is 0.127 e. The Morgan fingerprint density at radius 1 is 0.629 bits per heavy atom. The summed E-state index contributed by atoms with van der Waals surface area (Å²) in [5, 5.41) is 1.51. The first-order valence-corrected chi connectivity index (χ1v) is 15.6. The summed E-state index contributed by atoms with van der Waals surface area (Å²) in [4.78, 5) is 0. The van der Waals surface area contributed by atoms with Gasteiger partial charge in [0, 0.05) is 10.9 Å². The molecule has 3 heteroatoms. The molecule has 2 aromatic carbocycles. The molecule has 2 saturated carbocycles. The monoisotopic (exact) mass is 494 g/mol. The van der Waals surface area contributed by atoms with Crippen molar-refractivity contribution in [3.05, 3.63) is 41.5 Å². The number of rotatable bonds is 8. The first-order valence-electron chi connectivity index (χ1n) is 14.1. The molecule has 2 fully saturated rings. The van der Waals surface area contributed by atoms with E-state index in [1.807, 2.05) is 14.2 Å². The van der Waals surface area contributed by atoms with Crippen molar-refractivity contribution in [2.24, 2.45) is 0 Å². The zero-order valence-corrected chi connectivity index (χ0v) is 23.9. The molecule has 0 N–H and O–H groups in total. The highest BCUT2D eigenvalue weighted by molar-refractivity contribution is 7.67. The maximum atomic E-state index is 6.23. The minimum absolute atomic E-state index is 0.353. The molecule has 2 aliphatic carbocycles. The molecule has 2 aromatic rings. The summed E-state index contributed by atoms with van der Waals surface area (Å²) in [6.07, 6.45) is 13.9. The number of hydrogen-bond donors (Lipinski definition) is 0. The molecular formula is C32H47O2P. The lowest BCUT2D eigenvalue weighted by atomic mass is 9.84. The fourth-order valence-corrected chi connectivity index (χ4v) is 10.7. The SMILES string of the molecule is COc1ccc(OC)c(P(C2CCCCC2)C2CCCCC2)c1-c1c(C(C)C)cccc1C(C)C. The van der Waals surface area contributed by atoms with E-state index in [0.717, 1.165) is 22.8 Å². The van der Waals surface area contributed by atoms with Gasteiger partial charge in [-0.2, -0.15) is 0 Å². The summed E-state index contributed by atoms with van der Waals surface area (Å²) >= 11 is 0. The Labute approximate surface area is 216 Å². The molecule has 2 aliphatic rings. The van der Waals surface area contributed by atoms with Gasteiger partial charge in [-0.25, -0.2) is 0 Å². The number of benzene rings is 2. The average molecular weight is 495 g/mol. The van der Waals surface area contributed by atoms with Gasteiger partial charge in [0.2, 0.25) is 0 Å². The molecule has 192 valence electrons. The van der Waals surface area contributed by atoms with Crippen molar-refractivity contribution in [3.63, 3.8) is 0 Å². The van der Waals surface area contributed by atoms with Gasteiger partial charge in [-0.05, 0) is 77.7 Å². The molecule has 0 radical (unpaired) electrons. The molecule has 0 aromatic heterocycles. The van der Waals surface area contributed by atoms with Crippen LogP contribution in [0.2, 0.25) is 0 Å². The number of ether oxygens (including phenoxy) is 2. The predicted octanol–water partition coefficient (Wildman–Crippen LogP) is 9.39. The van der Waals surface area contributed by atoms with Crippen molar-refractivity contribution in [2.75, 3.05) is 14.2 Å². The molecule has 4 rings (SSSR count). The summed E-state index contributed by atoms with van der Waals surface area (Å²) in [6, 6.07) is 11.3. The van der Waals surface area contributed by atoms with Crippen molar-refractivity contribution in [2.45, 2.75) is 115 Å². The number of methoxy groups -OCH3 is 2. The summed E-state index contributed by atoms with van der Waals surface area (Å²) in [5.74, 6) is 3.01. The van der Waals surface area contributed by atoms with Crippen LogP contribution in [0.3, 0.4) is 0 Å². The van der Waals surface area contributed by atoms with Crippen molar-refractivity contribution >= 4 is 13.2 Å². The molecule has 0 atom stereocenters. The van der Waals surface area contributed by atoms with Crippen LogP contribution in [-0.4, -0.2) is 25.5 Å². The van der Waals surface area contributed by atoms with Gasteiger partial charge in [0.05, 0.1) is 14.2 Å². The van der Waals surface area contributed by atoms with Gasteiger partial charge in [-0.1, -0.05) is 92.3 Å². The zero-order chi connectivity index (χ0) is 24.9. The second kappa shape index (κ2) is 12.1. The lowest BCUT2D eigenvalue weighted by molar-refractivity contribution is 0.406. The lowest BCUT2D eigenvalue weighted by Gasteiger charge is -2.40. The first kappa shape index (κ1) is 26.5. The van der Waals surface area contributed by atoms with E-state index in [2.05, 4.69) is 58.0 Å². The van der Waals surface area contributed by atoms with Crippen LogP contribution in [-0.2, 0) is 0 Å². The Morgan fingerprint density at radius 3 is 1.51 bits per heavy atom. The first-order chi connectivity index (χ1) is 17.0. The molecule has 0 saturated heterocycles. The highest BCUT2D eigenvalue weighted by Gasteiger charge is 2.37. The van der Waals surface area contributed by atoms with E-state index in [9.17, 15) is 0 Å². The van der Waals surface area contributed by atoms with Gasteiger partial charge in [0.1, 0.15) is 11.5 Å². The van der Waals surface area contributed by atoms with Gasteiger partial charge >= 0.3 is 0 Å². The van der Waals surface area contributed by atoms with Crippen LogP contribution < -0.4 is 14.8 Å². The molecule has 0 heterocycles. The molecule has 0 bridgehead atoms. The summed E-state index contributed by atoms with van der Waals surface area (Å²) < 4.78 is 12.4. The lowest BCUT2D eigenvalue weighted by Crippen LogP contribution is -2.28. The topological polar surface area (TPSA) is 18.5 Å². The predicted molar refractivity (Wildman–Crippen MR) is 153 cm³/mol. The zero-order valence-electron chi connectivity index (χ0n) is 23.0. The second-order valence-corrected chi connectivity index (χ2v) is 14.0. The Morgan fingerprint density at radius 2 is 1.09 bits per heavy atom. The van der Waals surface area contributed by atoms with E-state index >= 15 is 0 Å². The van der Waals surface area contributed by atoms with Crippen LogP contribution in [0.25, 0.3) is 11.1 Å². The fraction of sp³-hybridized carbons (Fsp3) is 0.625. The maximum absolute atomic E-state index is 6.23. The van der Waals surface area contributed by atoms with Crippen LogP contribution in [0.1, 0.15) is 115 Å². The van der Waals surface area contributed by atoms with Gasteiger partial charge < -0.3 is 9.47 Å². The van der Waals surface area contributed by atoms with E-state index in [4.69, 9.17) is 9.47 Å². The molecular weight excluding hydrogens is 447 g/mol. The van der Waals surface area contributed by atoms with Crippen molar-refractivity contribution < 1.29 is 9.47 Å². The van der Waals surface area contributed by atoms with E-state index < -0.39 is 0 Å². The highest BCUT2D eigenvalue weighted by Crippen LogP contribution is 2.59. The molecule has 0 spiro atoms. The molecule has 2 nitrogen and oxygen atoms in total. The van der Waals surface area contributed by atoms with Gasteiger partial charge in [-0.3, -0.25) is 0 Å². The Bertz CT molecular complexity index is 924. The normalized spacial score (nSPS) is 18.0. The summed E-state index contributed by atoms with van der Waals surface area (Å²) in [5.41, 5.74) is 7.24. The molecule has 35 heavy (non-hydrogen) atoms. The van der Waals surface area contributed by atoms with Crippen LogP contribution in [0, 0.1) is 0 Å². The fourth-order valence-electron chi connectivity index (χ4n) is 6.61. The quantitative estimate of drug-likeness (QED) is 0.340. The smallest absolute Gasteiger partial charge is 0.127 e. The minimum atomic E-state index is -0.353. The number of hydrogen-bond acceptors (Lipinski definition) is 2. The van der Waals surface area contributed by atoms with Gasteiger partial charge in [-0.15, -0.1) is 0 Å². The van der Waals surface area contributed by atoms with E-state index in [1.165, 1.54) is 91.8 Å². The van der Waals surface area contributed by atoms with Crippen LogP contribution >= 0.6 is 7.92 Å². The third kappa shape index (κ3) is 5.58. The Kier molecular flexibility index (Phi) is 9.20. The third-order valence-electron chi connectivity index (χ3n) is 8.36. The van der Waals surface area contributed by atoms with Gasteiger partial charge in [0.15, 0.2) is 0 Å². The third-order valence-corrected chi connectivity index (χ3v) is 11.9. The molecule has 0 amide bonds. The van der Waals surface area contributed by atoms with Crippen molar-refractivity contribution in [1.29, 1.82) is 0 Å². The minimum Gasteiger partial charge on any atom is -0.496 e. The van der Waals surface area contributed by atoms with Crippen molar-refractivity contribution in [1.82, 2.24) is 0 Å². The molecule has 0 unspecified atom stereocenters. The van der Waals surface area contributed by atoms with Crippen molar-refractivity contribution in [3.8, 4) is 22.6 Å². The largest absolute Gasteiger partial charge is 0.496 e. The van der Waals surface area contributed by atoms with Gasteiger partial charge in [0.25, 0.3) is 0 Å². The summed E-state index contributed by atoms with van der Waals surface area (Å²) in [6.45, 7) is 9.33. The summed E-state index contributed by atoms with van der Waals surface area (Å²) in [7, 11) is 3.38. The van der Waals surface area contributed by atoms with E-state index in [1.54, 1.807) is 0 Å². The standard InChI is InChI=1S/C32H47O2P/c1-22(2)26-18-13-19-27(23(3)4)30(26)31-28(33-5)20-21-29(34-6)32(31)35(24-14-9-7-10-15-24)25-16-11-8-12-17-25/h13,18-25H,7-12,14-17H2,1-6H3. The Balaban J connectivity index is 2.04. The van der Waals surface area contributed by atoms with Crippen LogP contribution in [0.15, 0.2) is 30.3 Å². The van der Waals surface area contributed by atoms with E-state index in [-0.39, 0.29) is 7.92 Å². The van der Waals surface area contributed by atoms with Crippen LogP contribution in [0.5, 0.6) is 11.5 Å². The Hall–Kier alpha value is -1.53. The molecule has 0 aliphatic heterocycles.